The van der Waals surface area contributed by atoms with E-state index in [1.807, 2.05) is 32.0 Å². The second-order valence-electron chi connectivity index (χ2n) is 6.44. The Balaban J connectivity index is 1.93. The number of ketones is 1. The topological polar surface area (TPSA) is 92.7 Å². The van der Waals surface area contributed by atoms with Crippen LogP contribution in [0.2, 0.25) is 0 Å². The van der Waals surface area contributed by atoms with E-state index < -0.39 is 11.5 Å². The van der Waals surface area contributed by atoms with E-state index in [9.17, 15) is 14.4 Å². The van der Waals surface area contributed by atoms with Crippen molar-refractivity contribution in [2.75, 3.05) is 13.2 Å². The van der Waals surface area contributed by atoms with Gasteiger partial charge in [-0.2, -0.15) is 0 Å². The molecule has 1 amide bonds. The lowest BCUT2D eigenvalue weighted by atomic mass is 9.93. The van der Waals surface area contributed by atoms with E-state index >= 15 is 0 Å². The number of carboxylic acid groups (broad SMARTS) is 1. The van der Waals surface area contributed by atoms with Crippen LogP contribution in [0.1, 0.15) is 47.2 Å². The fourth-order valence-electron chi connectivity index (χ4n) is 2.94. The van der Waals surface area contributed by atoms with Gasteiger partial charge in [0.05, 0.1) is 18.6 Å². The highest BCUT2D eigenvalue weighted by Gasteiger charge is 2.38. The summed E-state index contributed by atoms with van der Waals surface area (Å²) in [6.45, 7) is 4.40. The predicted molar refractivity (Wildman–Crippen MR) is 88.0 cm³/mol. The van der Waals surface area contributed by atoms with Gasteiger partial charge in [0.2, 0.25) is 5.91 Å². The van der Waals surface area contributed by atoms with Crippen molar-refractivity contribution in [2.24, 2.45) is 0 Å². The van der Waals surface area contributed by atoms with Gasteiger partial charge in [-0.25, -0.2) is 0 Å². The average Bonchev–Trinajstić information content (AvgIpc) is 2.94. The zero-order valence-electron chi connectivity index (χ0n) is 14.1. The van der Waals surface area contributed by atoms with Gasteiger partial charge in [0.1, 0.15) is 0 Å². The maximum Gasteiger partial charge on any atom is 0.305 e. The van der Waals surface area contributed by atoms with Crippen LogP contribution in [0.15, 0.2) is 18.2 Å². The van der Waals surface area contributed by atoms with Crippen LogP contribution in [-0.2, 0) is 14.3 Å². The molecular formula is C18H23NO5. The largest absolute Gasteiger partial charge is 0.481 e. The van der Waals surface area contributed by atoms with E-state index in [0.29, 0.717) is 18.6 Å². The smallest absolute Gasteiger partial charge is 0.305 e. The van der Waals surface area contributed by atoms with Gasteiger partial charge in [-0.1, -0.05) is 17.7 Å². The summed E-state index contributed by atoms with van der Waals surface area (Å²) in [5.74, 6) is -1.38. The molecule has 1 aromatic rings. The molecule has 1 heterocycles. The molecule has 1 saturated heterocycles. The van der Waals surface area contributed by atoms with E-state index in [4.69, 9.17) is 9.84 Å². The third-order valence-corrected chi connectivity index (χ3v) is 4.27. The van der Waals surface area contributed by atoms with Crippen molar-refractivity contribution in [3.8, 4) is 0 Å². The van der Waals surface area contributed by atoms with Crippen molar-refractivity contribution in [2.45, 2.75) is 45.1 Å². The van der Waals surface area contributed by atoms with Gasteiger partial charge >= 0.3 is 5.97 Å². The van der Waals surface area contributed by atoms with Gasteiger partial charge in [0.15, 0.2) is 5.78 Å². The minimum absolute atomic E-state index is 0.0353. The quantitative estimate of drug-likeness (QED) is 0.745. The highest BCUT2D eigenvalue weighted by atomic mass is 16.5. The molecule has 0 spiro atoms. The van der Waals surface area contributed by atoms with Crippen molar-refractivity contribution < 1.29 is 24.2 Å². The summed E-state index contributed by atoms with van der Waals surface area (Å²) in [4.78, 5) is 35.5. The minimum Gasteiger partial charge on any atom is -0.481 e. The highest BCUT2D eigenvalue weighted by Crippen LogP contribution is 2.23. The third-order valence-electron chi connectivity index (χ3n) is 4.27. The molecule has 0 bridgehead atoms. The lowest BCUT2D eigenvalue weighted by Gasteiger charge is -2.27. The van der Waals surface area contributed by atoms with Crippen molar-refractivity contribution in [1.29, 1.82) is 0 Å². The summed E-state index contributed by atoms with van der Waals surface area (Å²) in [6, 6.07) is 5.65. The summed E-state index contributed by atoms with van der Waals surface area (Å²) in [6.07, 6.45) is 0.424. The number of aliphatic carboxylic acids is 1. The van der Waals surface area contributed by atoms with E-state index in [1.165, 1.54) is 0 Å². The molecule has 1 unspecified atom stereocenters. The number of carbonyl (C=O) groups is 3. The molecule has 2 rings (SSSR count). The van der Waals surface area contributed by atoms with E-state index in [1.54, 1.807) is 0 Å². The van der Waals surface area contributed by atoms with Gasteiger partial charge in [0, 0.05) is 25.0 Å². The number of benzene rings is 1. The zero-order chi connectivity index (χ0) is 17.7. The molecule has 1 aromatic carbocycles. The average molecular weight is 333 g/mol. The standard InChI is InChI=1S/C18H23NO5/c1-12-3-4-13(2)14(9-12)15(20)5-6-16(21)19-18(10-17(22)23)7-8-24-11-18/h3-4,9H,5-8,10-11H2,1-2H3,(H,19,21)(H,22,23). The molecule has 0 saturated carbocycles. The van der Waals surface area contributed by atoms with Crippen molar-refractivity contribution in [1.82, 2.24) is 5.32 Å². The SMILES string of the molecule is Cc1ccc(C)c(C(=O)CCC(=O)NC2(CC(=O)O)CCOC2)c1. The van der Waals surface area contributed by atoms with Gasteiger partial charge in [-0.05, 0) is 31.9 Å². The van der Waals surface area contributed by atoms with Crippen LogP contribution in [0.5, 0.6) is 0 Å². The first-order valence-electron chi connectivity index (χ1n) is 8.02. The molecule has 1 aliphatic rings. The van der Waals surface area contributed by atoms with E-state index in [-0.39, 0.29) is 37.6 Å². The molecule has 1 fully saturated rings. The van der Waals surface area contributed by atoms with Crippen LogP contribution < -0.4 is 5.32 Å². The van der Waals surface area contributed by atoms with Gasteiger partial charge in [-0.3, -0.25) is 14.4 Å². The molecule has 0 aliphatic carbocycles. The summed E-state index contributed by atoms with van der Waals surface area (Å²) >= 11 is 0. The van der Waals surface area contributed by atoms with Crippen LogP contribution in [0.25, 0.3) is 0 Å². The van der Waals surface area contributed by atoms with Crippen LogP contribution in [0.4, 0.5) is 0 Å². The molecule has 1 aliphatic heterocycles. The van der Waals surface area contributed by atoms with Crippen LogP contribution in [0.3, 0.4) is 0 Å². The second-order valence-corrected chi connectivity index (χ2v) is 6.44. The summed E-state index contributed by atoms with van der Waals surface area (Å²) in [5, 5.41) is 11.8. The molecule has 6 nitrogen and oxygen atoms in total. The van der Waals surface area contributed by atoms with Gasteiger partial charge in [-0.15, -0.1) is 0 Å². The number of rotatable bonds is 7. The lowest BCUT2D eigenvalue weighted by Crippen LogP contribution is -2.50. The molecule has 2 N–H and O–H groups in total. The van der Waals surface area contributed by atoms with E-state index in [0.717, 1.165) is 11.1 Å². The Morgan fingerprint density at radius 2 is 2.00 bits per heavy atom. The van der Waals surface area contributed by atoms with Crippen LogP contribution in [-0.4, -0.2) is 41.5 Å². The number of hydrogen-bond donors (Lipinski definition) is 2. The van der Waals surface area contributed by atoms with Gasteiger partial charge in [0.25, 0.3) is 0 Å². The number of amides is 1. The highest BCUT2D eigenvalue weighted by molar-refractivity contribution is 5.99. The number of nitrogens with one attached hydrogen (secondary N) is 1. The Kier molecular flexibility index (Phi) is 5.72. The normalized spacial score (nSPS) is 19.9. The number of carboxylic acids is 1. The Labute approximate surface area is 141 Å². The fraction of sp³-hybridized carbons (Fsp3) is 0.500. The summed E-state index contributed by atoms with van der Waals surface area (Å²) in [5.41, 5.74) is 1.66. The van der Waals surface area contributed by atoms with Gasteiger partial charge < -0.3 is 15.2 Å². The number of aryl methyl sites for hydroxylation is 2. The van der Waals surface area contributed by atoms with E-state index in [2.05, 4.69) is 5.32 Å². The summed E-state index contributed by atoms with van der Waals surface area (Å²) in [7, 11) is 0. The molecule has 24 heavy (non-hydrogen) atoms. The number of Topliss-reactive ketones (excluding diaryl/α,β-unsaturated/α-hetero) is 1. The number of ether oxygens (including phenoxy) is 1. The summed E-state index contributed by atoms with van der Waals surface area (Å²) < 4.78 is 5.24. The van der Waals surface area contributed by atoms with Crippen molar-refractivity contribution in [3.63, 3.8) is 0 Å². The first kappa shape index (κ1) is 18.1. The Morgan fingerprint density at radius 3 is 2.62 bits per heavy atom. The molecule has 130 valence electrons. The number of hydrogen-bond acceptors (Lipinski definition) is 4. The Morgan fingerprint density at radius 1 is 1.25 bits per heavy atom. The molecule has 6 heteroatoms. The maximum absolute atomic E-state index is 12.3. The Bertz CT molecular complexity index is 647. The van der Waals surface area contributed by atoms with Crippen molar-refractivity contribution >= 4 is 17.7 Å². The molecule has 0 radical (unpaired) electrons. The Hall–Kier alpha value is -2.21. The number of carbonyl (C=O) groups excluding carboxylic acids is 2. The molecular weight excluding hydrogens is 310 g/mol. The fourth-order valence-corrected chi connectivity index (χ4v) is 2.94. The third kappa shape index (κ3) is 4.64. The zero-order valence-corrected chi connectivity index (χ0v) is 14.1. The first-order chi connectivity index (χ1) is 11.3. The first-order valence-corrected chi connectivity index (χ1v) is 8.02. The molecule has 0 aromatic heterocycles. The lowest BCUT2D eigenvalue weighted by molar-refractivity contribution is -0.139. The second kappa shape index (κ2) is 7.57. The maximum atomic E-state index is 12.3. The molecule has 1 atom stereocenters. The van der Waals surface area contributed by atoms with Crippen LogP contribution in [0, 0.1) is 13.8 Å². The monoisotopic (exact) mass is 333 g/mol. The minimum atomic E-state index is -0.979. The predicted octanol–water partition coefficient (Wildman–Crippen LogP) is 2.02. The van der Waals surface area contributed by atoms with Crippen LogP contribution >= 0.6 is 0 Å². The van der Waals surface area contributed by atoms with Crippen molar-refractivity contribution in [3.05, 3.63) is 34.9 Å².